The SMILES string of the molecule is O=C(NCCc1ccc(Cl)cc1)c1cc2c(=O)n3ccccc3nc2s1. The van der Waals surface area contributed by atoms with Crippen LogP contribution in [-0.4, -0.2) is 21.8 Å². The van der Waals surface area contributed by atoms with Gasteiger partial charge in [0, 0.05) is 17.8 Å². The molecule has 1 N–H and O–H groups in total. The first-order valence-electron chi connectivity index (χ1n) is 8.05. The molecule has 130 valence electrons. The van der Waals surface area contributed by atoms with Crippen molar-refractivity contribution in [1.29, 1.82) is 0 Å². The molecule has 0 atom stereocenters. The summed E-state index contributed by atoms with van der Waals surface area (Å²) in [5, 5.41) is 4.03. The number of nitrogens with zero attached hydrogens (tertiary/aromatic N) is 2. The van der Waals surface area contributed by atoms with Crippen molar-refractivity contribution in [3.8, 4) is 0 Å². The third-order valence-corrected chi connectivity index (χ3v) is 5.33. The molecule has 0 unspecified atom stereocenters. The van der Waals surface area contributed by atoms with E-state index in [1.165, 1.54) is 15.7 Å². The molecule has 0 aliphatic carbocycles. The lowest BCUT2D eigenvalue weighted by Crippen LogP contribution is -2.24. The number of amides is 1. The molecule has 0 aliphatic rings. The van der Waals surface area contributed by atoms with Gasteiger partial charge < -0.3 is 5.32 Å². The minimum Gasteiger partial charge on any atom is -0.351 e. The Morgan fingerprint density at radius 3 is 2.81 bits per heavy atom. The number of benzene rings is 1. The highest BCUT2D eigenvalue weighted by molar-refractivity contribution is 7.20. The molecule has 0 saturated carbocycles. The lowest BCUT2D eigenvalue weighted by atomic mass is 10.1. The summed E-state index contributed by atoms with van der Waals surface area (Å²) in [6.07, 6.45) is 2.38. The van der Waals surface area contributed by atoms with Crippen LogP contribution < -0.4 is 10.9 Å². The average Bonchev–Trinajstić information content (AvgIpc) is 3.08. The van der Waals surface area contributed by atoms with Gasteiger partial charge in [-0.2, -0.15) is 0 Å². The van der Waals surface area contributed by atoms with Crippen LogP contribution >= 0.6 is 22.9 Å². The minimum atomic E-state index is -0.199. The van der Waals surface area contributed by atoms with Gasteiger partial charge in [-0.15, -0.1) is 11.3 Å². The number of pyridine rings is 1. The average molecular weight is 384 g/mol. The second-order valence-electron chi connectivity index (χ2n) is 5.81. The number of thiophene rings is 1. The number of hydrogen-bond donors (Lipinski definition) is 1. The third kappa shape index (κ3) is 3.21. The zero-order valence-corrected chi connectivity index (χ0v) is 15.2. The Morgan fingerprint density at radius 2 is 2.00 bits per heavy atom. The van der Waals surface area contributed by atoms with Crippen LogP contribution in [0.25, 0.3) is 15.9 Å². The number of halogens is 1. The summed E-state index contributed by atoms with van der Waals surface area (Å²) in [6, 6.07) is 14.5. The molecule has 1 aromatic carbocycles. The minimum absolute atomic E-state index is 0.165. The molecule has 0 saturated heterocycles. The van der Waals surface area contributed by atoms with Gasteiger partial charge >= 0.3 is 0 Å². The first kappa shape index (κ1) is 16.8. The van der Waals surface area contributed by atoms with E-state index < -0.39 is 0 Å². The normalized spacial score (nSPS) is 11.1. The van der Waals surface area contributed by atoms with Crippen molar-refractivity contribution in [1.82, 2.24) is 14.7 Å². The number of rotatable bonds is 4. The molecule has 1 amide bonds. The van der Waals surface area contributed by atoms with Crippen LogP contribution in [0.2, 0.25) is 5.02 Å². The largest absolute Gasteiger partial charge is 0.351 e. The van der Waals surface area contributed by atoms with Crippen molar-refractivity contribution in [3.63, 3.8) is 0 Å². The lowest BCUT2D eigenvalue weighted by molar-refractivity contribution is 0.0958. The van der Waals surface area contributed by atoms with Crippen LogP contribution in [0.4, 0.5) is 0 Å². The molecule has 0 aliphatic heterocycles. The van der Waals surface area contributed by atoms with Crippen molar-refractivity contribution < 1.29 is 4.79 Å². The first-order chi connectivity index (χ1) is 12.6. The van der Waals surface area contributed by atoms with Crippen molar-refractivity contribution in [2.24, 2.45) is 0 Å². The van der Waals surface area contributed by atoms with E-state index in [1.807, 2.05) is 30.3 Å². The van der Waals surface area contributed by atoms with Gasteiger partial charge in [0.05, 0.1) is 10.3 Å². The molecule has 3 aromatic heterocycles. The fourth-order valence-corrected chi connectivity index (χ4v) is 3.79. The summed E-state index contributed by atoms with van der Waals surface area (Å²) in [6.45, 7) is 0.503. The highest BCUT2D eigenvalue weighted by Gasteiger charge is 2.14. The topological polar surface area (TPSA) is 63.5 Å². The number of fused-ring (bicyclic) bond motifs is 2. The molecule has 0 fully saturated rings. The fraction of sp³-hybridized carbons (Fsp3) is 0.105. The monoisotopic (exact) mass is 383 g/mol. The van der Waals surface area contributed by atoms with Crippen LogP contribution in [0.5, 0.6) is 0 Å². The molecular formula is C19H14ClN3O2S. The highest BCUT2D eigenvalue weighted by atomic mass is 35.5. The third-order valence-electron chi connectivity index (χ3n) is 4.05. The van der Waals surface area contributed by atoms with Gasteiger partial charge in [0.15, 0.2) is 0 Å². The highest BCUT2D eigenvalue weighted by Crippen LogP contribution is 2.22. The van der Waals surface area contributed by atoms with E-state index >= 15 is 0 Å². The zero-order valence-electron chi connectivity index (χ0n) is 13.6. The fourth-order valence-electron chi connectivity index (χ4n) is 2.72. The number of hydrogen-bond acceptors (Lipinski definition) is 4. The van der Waals surface area contributed by atoms with E-state index in [0.29, 0.717) is 38.7 Å². The lowest BCUT2D eigenvalue weighted by Gasteiger charge is -2.03. The first-order valence-corrected chi connectivity index (χ1v) is 9.25. The summed E-state index contributed by atoms with van der Waals surface area (Å²) < 4.78 is 1.48. The molecule has 3 heterocycles. The molecule has 7 heteroatoms. The van der Waals surface area contributed by atoms with Gasteiger partial charge in [0.1, 0.15) is 10.5 Å². The quantitative estimate of drug-likeness (QED) is 0.586. The van der Waals surface area contributed by atoms with Gasteiger partial charge in [-0.3, -0.25) is 14.0 Å². The summed E-state index contributed by atoms with van der Waals surface area (Å²) >= 11 is 7.09. The van der Waals surface area contributed by atoms with Crippen LogP contribution in [0.3, 0.4) is 0 Å². The Morgan fingerprint density at radius 1 is 1.19 bits per heavy atom. The van der Waals surface area contributed by atoms with Gasteiger partial charge in [-0.1, -0.05) is 29.8 Å². The second-order valence-corrected chi connectivity index (χ2v) is 7.27. The molecule has 4 aromatic rings. The zero-order chi connectivity index (χ0) is 18.1. The Labute approximate surface area is 157 Å². The van der Waals surface area contributed by atoms with Crippen molar-refractivity contribution >= 4 is 44.7 Å². The Balaban J connectivity index is 1.53. The maximum atomic E-state index is 12.5. The molecule has 5 nitrogen and oxygen atoms in total. The summed E-state index contributed by atoms with van der Waals surface area (Å²) in [5.74, 6) is -0.199. The number of aromatic nitrogens is 2. The predicted molar refractivity (Wildman–Crippen MR) is 104 cm³/mol. The molecule has 4 rings (SSSR count). The van der Waals surface area contributed by atoms with Crippen molar-refractivity contribution in [2.75, 3.05) is 6.54 Å². The van der Waals surface area contributed by atoms with E-state index in [2.05, 4.69) is 10.3 Å². The second kappa shape index (κ2) is 6.90. The van der Waals surface area contributed by atoms with E-state index in [-0.39, 0.29) is 11.5 Å². The van der Waals surface area contributed by atoms with Gasteiger partial charge in [0.2, 0.25) is 0 Å². The summed E-state index contributed by atoms with van der Waals surface area (Å²) in [5.41, 5.74) is 1.50. The Kier molecular flexibility index (Phi) is 4.44. The Bertz CT molecular complexity index is 1170. The van der Waals surface area contributed by atoms with Crippen molar-refractivity contribution in [3.05, 3.63) is 80.5 Å². The number of nitrogens with one attached hydrogen (secondary N) is 1. The molecular weight excluding hydrogens is 370 g/mol. The predicted octanol–water partition coefficient (Wildman–Crippen LogP) is 3.54. The Hall–Kier alpha value is -2.70. The summed E-state index contributed by atoms with van der Waals surface area (Å²) in [7, 11) is 0. The van der Waals surface area contributed by atoms with Crippen molar-refractivity contribution in [2.45, 2.75) is 6.42 Å². The van der Waals surface area contributed by atoms with Crippen LogP contribution in [0.15, 0.2) is 59.5 Å². The van der Waals surface area contributed by atoms with Crippen LogP contribution in [-0.2, 0) is 6.42 Å². The maximum absolute atomic E-state index is 12.5. The molecule has 0 spiro atoms. The molecule has 0 radical (unpaired) electrons. The maximum Gasteiger partial charge on any atom is 0.266 e. The van der Waals surface area contributed by atoms with Gasteiger partial charge in [-0.25, -0.2) is 4.98 Å². The van der Waals surface area contributed by atoms with Gasteiger partial charge in [0.25, 0.3) is 11.5 Å². The van der Waals surface area contributed by atoms with E-state index in [4.69, 9.17) is 11.6 Å². The van der Waals surface area contributed by atoms with Crippen LogP contribution in [0, 0.1) is 0 Å². The summed E-state index contributed by atoms with van der Waals surface area (Å²) in [4.78, 5) is 30.5. The number of carbonyl (C=O) groups is 1. The van der Waals surface area contributed by atoms with E-state index in [0.717, 1.165) is 5.56 Å². The smallest absolute Gasteiger partial charge is 0.266 e. The van der Waals surface area contributed by atoms with Gasteiger partial charge in [-0.05, 0) is 42.3 Å². The standard InChI is InChI=1S/C19H14ClN3O2S/c20-13-6-4-12(5-7-13)8-9-21-17(24)15-11-14-18(26-15)22-16-3-1-2-10-23(16)19(14)25/h1-7,10-11H,8-9H2,(H,21,24). The van der Waals surface area contributed by atoms with Crippen LogP contribution in [0.1, 0.15) is 15.2 Å². The molecule has 0 bridgehead atoms. The van der Waals surface area contributed by atoms with E-state index in [9.17, 15) is 9.59 Å². The van der Waals surface area contributed by atoms with E-state index in [1.54, 1.807) is 24.4 Å². The molecule has 26 heavy (non-hydrogen) atoms. The number of carbonyl (C=O) groups excluding carboxylic acids is 1.